The van der Waals surface area contributed by atoms with Crippen LogP contribution in [0.15, 0.2) is 40.9 Å². The average molecular weight is 383 g/mol. The maximum Gasteiger partial charge on any atom is 0.416 e. The van der Waals surface area contributed by atoms with Gasteiger partial charge in [-0.2, -0.15) is 13.2 Å². The molecule has 2 rings (SSSR count). The van der Waals surface area contributed by atoms with E-state index in [4.69, 9.17) is 17.3 Å². The monoisotopic (exact) mass is 381 g/mol. The van der Waals surface area contributed by atoms with E-state index in [1.54, 1.807) is 0 Å². The first-order chi connectivity index (χ1) is 9.70. The van der Waals surface area contributed by atoms with Crippen molar-refractivity contribution in [3.63, 3.8) is 0 Å². The van der Waals surface area contributed by atoms with Crippen LogP contribution in [0.4, 0.5) is 17.6 Å². The molecule has 112 valence electrons. The lowest BCUT2D eigenvalue weighted by atomic mass is 9.94. The summed E-state index contributed by atoms with van der Waals surface area (Å²) in [6.07, 6.45) is -4.57. The van der Waals surface area contributed by atoms with Crippen LogP contribution in [0, 0.1) is 5.82 Å². The highest BCUT2D eigenvalue weighted by Gasteiger charge is 2.35. The molecule has 0 aromatic heterocycles. The smallest absolute Gasteiger partial charge is 0.320 e. The molecule has 2 aromatic carbocycles. The minimum Gasteiger partial charge on any atom is -0.320 e. The number of hydrogen-bond acceptors (Lipinski definition) is 1. The van der Waals surface area contributed by atoms with Gasteiger partial charge in [-0.15, -0.1) is 0 Å². The Balaban J connectivity index is 2.58. The van der Waals surface area contributed by atoms with E-state index in [0.29, 0.717) is 0 Å². The van der Waals surface area contributed by atoms with E-state index < -0.39 is 23.6 Å². The first kappa shape index (κ1) is 16.3. The number of hydrogen-bond donors (Lipinski definition) is 1. The lowest BCUT2D eigenvalue weighted by Gasteiger charge is -2.20. The Morgan fingerprint density at radius 3 is 2.33 bits per heavy atom. The molecule has 0 aliphatic heterocycles. The highest BCUT2D eigenvalue weighted by atomic mass is 79.9. The fraction of sp³-hybridized carbons (Fsp3) is 0.143. The molecule has 2 N–H and O–H groups in total. The maximum atomic E-state index is 13.3. The van der Waals surface area contributed by atoms with Crippen LogP contribution < -0.4 is 5.73 Å². The Kier molecular flexibility index (Phi) is 4.60. The number of halogens is 6. The van der Waals surface area contributed by atoms with Crippen LogP contribution in [0.2, 0.25) is 5.02 Å². The van der Waals surface area contributed by atoms with Gasteiger partial charge in [0.15, 0.2) is 0 Å². The molecular weight excluding hydrogens is 374 g/mol. The highest BCUT2D eigenvalue weighted by Crippen LogP contribution is 2.38. The van der Waals surface area contributed by atoms with E-state index in [1.165, 1.54) is 18.2 Å². The molecule has 0 saturated heterocycles. The molecule has 1 unspecified atom stereocenters. The molecule has 0 aliphatic carbocycles. The fourth-order valence-electron chi connectivity index (χ4n) is 1.97. The summed E-state index contributed by atoms with van der Waals surface area (Å²) in [4.78, 5) is 0. The summed E-state index contributed by atoms with van der Waals surface area (Å²) >= 11 is 8.90. The van der Waals surface area contributed by atoms with Gasteiger partial charge < -0.3 is 5.73 Å². The Morgan fingerprint density at radius 2 is 1.71 bits per heavy atom. The average Bonchev–Trinajstić information content (AvgIpc) is 2.40. The largest absolute Gasteiger partial charge is 0.416 e. The van der Waals surface area contributed by atoms with Gasteiger partial charge in [0.05, 0.1) is 11.6 Å². The minimum absolute atomic E-state index is 0.101. The number of benzene rings is 2. The van der Waals surface area contributed by atoms with Crippen LogP contribution in [0.5, 0.6) is 0 Å². The van der Waals surface area contributed by atoms with Crippen molar-refractivity contribution in [3.05, 3.63) is 68.4 Å². The Hall–Kier alpha value is -1.11. The molecule has 0 radical (unpaired) electrons. The van der Waals surface area contributed by atoms with Gasteiger partial charge in [0.1, 0.15) is 5.82 Å². The van der Waals surface area contributed by atoms with Crippen molar-refractivity contribution in [2.24, 2.45) is 5.73 Å². The number of rotatable bonds is 2. The van der Waals surface area contributed by atoms with Gasteiger partial charge in [-0.3, -0.25) is 0 Å². The first-order valence-electron chi connectivity index (χ1n) is 5.77. The molecule has 0 amide bonds. The number of alkyl halides is 3. The highest BCUT2D eigenvalue weighted by molar-refractivity contribution is 9.10. The SMILES string of the molecule is NC(c1cc(F)ccc1Cl)c1ccc(Br)cc1C(F)(F)F. The summed E-state index contributed by atoms with van der Waals surface area (Å²) < 4.78 is 52.9. The third-order valence-corrected chi connectivity index (χ3v) is 3.79. The lowest BCUT2D eigenvalue weighted by molar-refractivity contribution is -0.138. The summed E-state index contributed by atoms with van der Waals surface area (Å²) in [6.45, 7) is 0. The second-order valence-electron chi connectivity index (χ2n) is 4.37. The van der Waals surface area contributed by atoms with Gasteiger partial charge in [-0.25, -0.2) is 4.39 Å². The topological polar surface area (TPSA) is 26.0 Å². The molecule has 0 spiro atoms. The molecule has 1 nitrogen and oxygen atoms in total. The van der Waals surface area contributed by atoms with Crippen molar-refractivity contribution in [2.45, 2.75) is 12.2 Å². The Bertz CT molecular complexity index is 673. The van der Waals surface area contributed by atoms with Crippen molar-refractivity contribution >= 4 is 27.5 Å². The van der Waals surface area contributed by atoms with Crippen molar-refractivity contribution in [1.82, 2.24) is 0 Å². The van der Waals surface area contributed by atoms with Gasteiger partial charge in [-0.1, -0.05) is 33.6 Å². The predicted molar refractivity (Wildman–Crippen MR) is 76.6 cm³/mol. The van der Waals surface area contributed by atoms with Crippen LogP contribution in [-0.2, 0) is 6.18 Å². The summed E-state index contributed by atoms with van der Waals surface area (Å²) in [6, 6.07) is 5.86. The third-order valence-electron chi connectivity index (χ3n) is 2.95. The normalized spacial score (nSPS) is 13.3. The Morgan fingerprint density at radius 1 is 1.05 bits per heavy atom. The van der Waals surface area contributed by atoms with Crippen molar-refractivity contribution < 1.29 is 17.6 Å². The third kappa shape index (κ3) is 3.56. The fourth-order valence-corrected chi connectivity index (χ4v) is 2.56. The van der Waals surface area contributed by atoms with E-state index in [2.05, 4.69) is 15.9 Å². The second-order valence-corrected chi connectivity index (χ2v) is 5.70. The quantitative estimate of drug-likeness (QED) is 0.700. The number of nitrogens with two attached hydrogens (primary N) is 1. The Labute approximate surface area is 131 Å². The van der Waals surface area contributed by atoms with Crippen molar-refractivity contribution in [3.8, 4) is 0 Å². The summed E-state index contributed by atoms with van der Waals surface area (Å²) in [7, 11) is 0. The first-order valence-corrected chi connectivity index (χ1v) is 6.94. The molecule has 0 bridgehead atoms. The maximum absolute atomic E-state index is 13.3. The van der Waals surface area contributed by atoms with Gasteiger partial charge in [-0.05, 0) is 41.5 Å². The molecule has 0 aliphatic rings. The zero-order chi connectivity index (χ0) is 15.8. The van der Waals surface area contributed by atoms with Crippen molar-refractivity contribution in [2.75, 3.05) is 0 Å². The summed E-state index contributed by atoms with van der Waals surface area (Å²) in [5, 5.41) is 0.111. The second kappa shape index (κ2) is 5.94. The zero-order valence-electron chi connectivity index (χ0n) is 10.4. The zero-order valence-corrected chi connectivity index (χ0v) is 12.7. The molecule has 0 heterocycles. The van der Waals surface area contributed by atoms with Crippen molar-refractivity contribution in [1.29, 1.82) is 0 Å². The van der Waals surface area contributed by atoms with E-state index in [1.807, 2.05) is 0 Å². The van der Waals surface area contributed by atoms with Gasteiger partial charge in [0.2, 0.25) is 0 Å². The summed E-state index contributed by atoms with van der Waals surface area (Å²) in [5.41, 5.74) is 4.92. The standard InChI is InChI=1S/C14H9BrClF4N/c15-7-1-3-9(11(5-7)14(18,19)20)13(21)10-6-8(17)2-4-12(10)16/h1-6,13H,21H2. The van der Waals surface area contributed by atoms with E-state index in [-0.39, 0.29) is 20.6 Å². The summed E-state index contributed by atoms with van der Waals surface area (Å²) in [5.74, 6) is -0.615. The van der Waals surface area contributed by atoms with Crippen LogP contribution in [-0.4, -0.2) is 0 Å². The van der Waals surface area contributed by atoms with E-state index >= 15 is 0 Å². The molecule has 21 heavy (non-hydrogen) atoms. The molecule has 0 fully saturated rings. The van der Waals surface area contributed by atoms with Gasteiger partial charge >= 0.3 is 6.18 Å². The minimum atomic E-state index is -4.57. The van der Waals surface area contributed by atoms with Crippen LogP contribution in [0.25, 0.3) is 0 Å². The molecule has 1 atom stereocenters. The lowest BCUT2D eigenvalue weighted by Crippen LogP contribution is -2.19. The van der Waals surface area contributed by atoms with Gasteiger partial charge in [0.25, 0.3) is 0 Å². The van der Waals surface area contributed by atoms with Crippen LogP contribution in [0.1, 0.15) is 22.7 Å². The van der Waals surface area contributed by atoms with E-state index in [9.17, 15) is 17.6 Å². The van der Waals surface area contributed by atoms with E-state index in [0.717, 1.165) is 18.2 Å². The van der Waals surface area contributed by atoms with Crippen LogP contribution in [0.3, 0.4) is 0 Å². The molecule has 2 aromatic rings. The molecule has 0 saturated carbocycles. The molecular formula is C14H9BrClF4N. The van der Waals surface area contributed by atoms with Gasteiger partial charge in [0, 0.05) is 9.50 Å². The van der Waals surface area contributed by atoms with Crippen LogP contribution >= 0.6 is 27.5 Å². The predicted octanol–water partition coefficient (Wildman–Crippen LogP) is 5.31. The molecule has 7 heteroatoms.